The number of nitrogens with zero attached hydrogens (tertiary/aromatic N) is 2. The molecule has 1 spiro atoms. The van der Waals surface area contributed by atoms with Crippen molar-refractivity contribution in [3.8, 4) is 0 Å². The molecule has 9 atom stereocenters. The summed E-state index contributed by atoms with van der Waals surface area (Å²) < 4.78 is 12.8. The number of fused-ring (bicyclic) bond motifs is 2. The van der Waals surface area contributed by atoms with Crippen molar-refractivity contribution in [1.82, 2.24) is 10.2 Å². The van der Waals surface area contributed by atoms with E-state index in [1.54, 1.807) is 48.2 Å². The van der Waals surface area contributed by atoms with Crippen LogP contribution in [0.5, 0.6) is 0 Å². The second-order valence-corrected chi connectivity index (χ2v) is 13.6. The molecule has 48 heavy (non-hydrogen) atoms. The Kier molecular flexibility index (Phi) is 9.79. The fourth-order valence-corrected chi connectivity index (χ4v) is 7.77. The normalized spacial score (nSPS) is 32.5. The number of rotatable bonds is 6. The van der Waals surface area contributed by atoms with E-state index in [-0.39, 0.29) is 31.4 Å². The molecule has 0 saturated carbocycles. The van der Waals surface area contributed by atoms with Gasteiger partial charge < -0.3 is 29.7 Å². The molecule has 2 saturated heterocycles. The number of ether oxygens (including phenoxy) is 2. The molecule has 6 rings (SSSR count). The molecule has 2 aromatic carbocycles. The fourth-order valence-electron chi connectivity index (χ4n) is 7.64. The van der Waals surface area contributed by atoms with Crippen molar-refractivity contribution in [1.29, 1.82) is 0 Å². The van der Waals surface area contributed by atoms with Gasteiger partial charge in [0.05, 0.1) is 30.7 Å². The van der Waals surface area contributed by atoms with Gasteiger partial charge in [0.2, 0.25) is 11.8 Å². The summed E-state index contributed by atoms with van der Waals surface area (Å²) in [5, 5.41) is 14.2. The van der Waals surface area contributed by atoms with E-state index >= 15 is 0 Å². The van der Waals surface area contributed by atoms with Gasteiger partial charge in [-0.15, -0.1) is 0 Å². The summed E-state index contributed by atoms with van der Waals surface area (Å²) in [6, 6.07) is 13.5. The van der Waals surface area contributed by atoms with Crippen molar-refractivity contribution in [2.24, 2.45) is 17.8 Å². The van der Waals surface area contributed by atoms with E-state index in [2.05, 4.69) is 5.32 Å². The first-order chi connectivity index (χ1) is 23.1. The average Bonchev–Trinajstić information content (AvgIpc) is 3.73. The van der Waals surface area contributed by atoms with E-state index in [0.717, 1.165) is 0 Å². The number of nitrogens with one attached hydrogen (secondary N) is 1. The topological polar surface area (TPSA) is 125 Å². The summed E-state index contributed by atoms with van der Waals surface area (Å²) in [6.07, 6.45) is 6.75. The van der Waals surface area contributed by atoms with Crippen LogP contribution in [0.2, 0.25) is 5.02 Å². The number of anilines is 1. The standard InChI is InChI=1S/C37H42ClN3O7/c1-4-22(2)27(21-42)41-33-35(45)40(26-16-14-25(38)15-17-26)20-10-6-9-13-29(43)39-23(3)32(24-11-7-5-8-12-24)47-36(46)30-28-18-19-37(33,48-28)31(30)34(41)44/h5-8,10-12,14-19,22-23,27-28,30-33,42H,4,9,13,20-21H2,1-3H3,(H,39,43)/b10-6-/t22-,23-,27-,28+,30-,31-,32+,33+,37-/m0/s1. The summed E-state index contributed by atoms with van der Waals surface area (Å²) in [6.45, 7) is 5.44. The number of cyclic esters (lactones) is 1. The van der Waals surface area contributed by atoms with E-state index in [1.165, 1.54) is 4.90 Å². The second-order valence-electron chi connectivity index (χ2n) is 13.1. The first-order valence-corrected chi connectivity index (χ1v) is 17.1. The predicted molar refractivity (Wildman–Crippen MR) is 180 cm³/mol. The third-order valence-electron chi connectivity index (χ3n) is 10.3. The number of aliphatic hydroxyl groups is 1. The Morgan fingerprint density at radius 3 is 2.46 bits per heavy atom. The molecule has 0 aliphatic carbocycles. The highest BCUT2D eigenvalue weighted by Gasteiger charge is 2.74. The highest BCUT2D eigenvalue weighted by molar-refractivity contribution is 6.30. The molecule has 0 unspecified atom stereocenters. The van der Waals surface area contributed by atoms with Crippen molar-refractivity contribution < 1.29 is 33.8 Å². The van der Waals surface area contributed by atoms with Gasteiger partial charge in [0.1, 0.15) is 23.7 Å². The SMILES string of the molecule is CC[C@H](C)[C@H](CO)N1C(=O)[C@@H]2[C@H]3C(=O)O[C@@H](c4ccccc4)[C@H](C)NC(=O)CC/C=C\CN(c4ccc(Cl)cc4)C(=O)[C@@H]1[C@]21C=C[C@H]3O1. The third kappa shape index (κ3) is 5.95. The Hall–Kier alpha value is -3.99. The largest absolute Gasteiger partial charge is 0.455 e. The lowest BCUT2D eigenvalue weighted by atomic mass is 9.74. The average molecular weight is 676 g/mol. The monoisotopic (exact) mass is 675 g/mol. The van der Waals surface area contributed by atoms with Crippen LogP contribution < -0.4 is 10.2 Å². The van der Waals surface area contributed by atoms with Gasteiger partial charge in [-0.25, -0.2) is 0 Å². The minimum Gasteiger partial charge on any atom is -0.455 e. The molecule has 4 heterocycles. The van der Waals surface area contributed by atoms with Crippen molar-refractivity contribution in [2.75, 3.05) is 18.1 Å². The number of carbonyl (C=O) groups is 4. The Morgan fingerprint density at radius 1 is 1.04 bits per heavy atom. The zero-order valence-electron chi connectivity index (χ0n) is 27.3. The maximum Gasteiger partial charge on any atom is 0.313 e. The van der Waals surface area contributed by atoms with E-state index < -0.39 is 65.6 Å². The molecule has 0 aromatic heterocycles. The molecule has 254 valence electrons. The number of esters is 1. The van der Waals surface area contributed by atoms with Crippen LogP contribution in [-0.4, -0.2) is 76.7 Å². The van der Waals surface area contributed by atoms with Gasteiger partial charge >= 0.3 is 5.97 Å². The summed E-state index contributed by atoms with van der Waals surface area (Å²) in [7, 11) is 0. The van der Waals surface area contributed by atoms with Crippen LogP contribution in [0.25, 0.3) is 0 Å². The van der Waals surface area contributed by atoms with Gasteiger partial charge in [-0.1, -0.05) is 86.5 Å². The van der Waals surface area contributed by atoms with Crippen LogP contribution in [0.3, 0.4) is 0 Å². The van der Waals surface area contributed by atoms with Crippen molar-refractivity contribution in [3.63, 3.8) is 0 Å². The number of carbonyl (C=O) groups excluding carboxylic acids is 4. The van der Waals surface area contributed by atoms with Crippen molar-refractivity contribution in [3.05, 3.63) is 89.5 Å². The lowest BCUT2D eigenvalue weighted by Crippen LogP contribution is -2.59. The van der Waals surface area contributed by atoms with Crippen LogP contribution in [0, 0.1) is 17.8 Å². The summed E-state index contributed by atoms with van der Waals surface area (Å²) in [5.74, 6) is -4.00. The predicted octanol–water partition coefficient (Wildman–Crippen LogP) is 4.37. The zero-order valence-corrected chi connectivity index (χ0v) is 28.1. The van der Waals surface area contributed by atoms with Gasteiger partial charge in [0, 0.05) is 23.7 Å². The minimum absolute atomic E-state index is 0.138. The van der Waals surface area contributed by atoms with Crippen LogP contribution in [0.15, 0.2) is 78.9 Å². The van der Waals surface area contributed by atoms with Crippen LogP contribution >= 0.6 is 11.6 Å². The minimum atomic E-state index is -1.46. The molecule has 3 amide bonds. The number of hydrogen-bond acceptors (Lipinski definition) is 7. The number of benzene rings is 2. The Bertz CT molecular complexity index is 1600. The molecule has 4 aliphatic heterocycles. The van der Waals surface area contributed by atoms with E-state index in [9.17, 15) is 24.3 Å². The summed E-state index contributed by atoms with van der Waals surface area (Å²) in [4.78, 5) is 60.0. The first kappa shape index (κ1) is 33.9. The first-order valence-electron chi connectivity index (χ1n) is 16.7. The molecule has 2 N–H and O–H groups in total. The number of likely N-dealkylation sites (tertiary alicyclic amines) is 1. The molecule has 5 bridgehead atoms. The molecule has 2 fully saturated rings. The number of aliphatic hydroxyl groups excluding tert-OH is 1. The second kappa shape index (κ2) is 13.9. The van der Waals surface area contributed by atoms with Crippen LogP contribution in [0.4, 0.5) is 5.69 Å². The Morgan fingerprint density at radius 2 is 1.77 bits per heavy atom. The summed E-state index contributed by atoms with van der Waals surface area (Å²) >= 11 is 6.20. The Balaban J connectivity index is 1.48. The van der Waals surface area contributed by atoms with E-state index in [4.69, 9.17) is 21.1 Å². The number of hydrogen-bond donors (Lipinski definition) is 2. The quantitative estimate of drug-likeness (QED) is 0.344. The number of allylic oxidation sites excluding steroid dienone is 1. The van der Waals surface area contributed by atoms with Gasteiger partial charge in [0.15, 0.2) is 0 Å². The smallest absolute Gasteiger partial charge is 0.313 e. The van der Waals surface area contributed by atoms with Crippen LogP contribution in [-0.2, 0) is 28.7 Å². The molecular weight excluding hydrogens is 634 g/mol. The molecule has 0 radical (unpaired) electrons. The van der Waals surface area contributed by atoms with E-state index in [1.807, 2.05) is 56.3 Å². The highest BCUT2D eigenvalue weighted by Crippen LogP contribution is 2.56. The fraction of sp³-hybridized carbons (Fsp3) is 0.459. The Labute approximate surface area is 285 Å². The molecule has 10 nitrogen and oxygen atoms in total. The van der Waals surface area contributed by atoms with Crippen molar-refractivity contribution in [2.45, 2.75) is 76.0 Å². The lowest BCUT2D eigenvalue weighted by molar-refractivity contribution is -0.161. The maximum absolute atomic E-state index is 15.0. The molecule has 4 aliphatic rings. The number of amides is 3. The van der Waals surface area contributed by atoms with Gasteiger partial charge in [-0.05, 0) is 49.1 Å². The van der Waals surface area contributed by atoms with E-state index in [0.29, 0.717) is 29.1 Å². The van der Waals surface area contributed by atoms with Gasteiger partial charge in [-0.3, -0.25) is 19.2 Å². The molecule has 11 heteroatoms. The highest BCUT2D eigenvalue weighted by atomic mass is 35.5. The molecular formula is C37H42ClN3O7. The third-order valence-corrected chi connectivity index (χ3v) is 10.5. The maximum atomic E-state index is 15.0. The van der Waals surface area contributed by atoms with Gasteiger partial charge in [0.25, 0.3) is 5.91 Å². The zero-order chi connectivity index (χ0) is 34.2. The lowest BCUT2D eigenvalue weighted by Gasteiger charge is -2.40. The molecule has 2 aromatic rings. The summed E-state index contributed by atoms with van der Waals surface area (Å²) in [5.41, 5.74) is -0.226. The van der Waals surface area contributed by atoms with Gasteiger partial charge in [-0.2, -0.15) is 0 Å². The number of halogens is 1. The van der Waals surface area contributed by atoms with Crippen LogP contribution in [0.1, 0.15) is 51.7 Å². The van der Waals surface area contributed by atoms with Crippen molar-refractivity contribution >= 4 is 41.0 Å².